The van der Waals surface area contributed by atoms with E-state index >= 15 is 0 Å². The highest BCUT2D eigenvalue weighted by Crippen LogP contribution is 2.16. The second-order valence-electron chi connectivity index (χ2n) is 4.10. The van der Waals surface area contributed by atoms with Crippen LogP contribution in [0.25, 0.3) is 0 Å². The molecule has 2 aromatic rings. The molecule has 0 saturated heterocycles. The molecule has 0 fully saturated rings. The Morgan fingerprint density at radius 2 is 2.22 bits per heavy atom. The van der Waals surface area contributed by atoms with Crippen molar-refractivity contribution in [3.05, 3.63) is 45.4 Å². The topological polar surface area (TPSA) is 68.0 Å². The molecule has 0 radical (unpaired) electrons. The third-order valence-electron chi connectivity index (χ3n) is 2.60. The summed E-state index contributed by atoms with van der Waals surface area (Å²) < 4.78 is 0. The van der Waals surface area contributed by atoms with E-state index in [0.29, 0.717) is 17.8 Å². The van der Waals surface area contributed by atoms with E-state index in [1.807, 2.05) is 31.4 Å². The number of nitrogen functional groups attached to an aromatic ring is 1. The molecule has 1 amide bonds. The highest BCUT2D eigenvalue weighted by atomic mass is 32.1. The fourth-order valence-electron chi connectivity index (χ4n) is 1.73. The Morgan fingerprint density at radius 1 is 1.44 bits per heavy atom. The number of carbonyl (C=O) groups is 1. The number of aryl methyl sites for hydroxylation is 2. The summed E-state index contributed by atoms with van der Waals surface area (Å²) in [6.45, 7) is 4.24. The summed E-state index contributed by atoms with van der Waals surface area (Å²) in [4.78, 5) is 16.3. The van der Waals surface area contributed by atoms with Gasteiger partial charge in [0.05, 0.1) is 12.1 Å². The molecule has 0 atom stereocenters. The van der Waals surface area contributed by atoms with Crippen molar-refractivity contribution < 1.29 is 4.79 Å². The van der Waals surface area contributed by atoms with Gasteiger partial charge in [0.1, 0.15) is 5.01 Å². The van der Waals surface area contributed by atoms with Crippen LogP contribution in [0.5, 0.6) is 0 Å². The van der Waals surface area contributed by atoms with E-state index in [9.17, 15) is 4.79 Å². The van der Waals surface area contributed by atoms with E-state index in [1.165, 1.54) is 11.3 Å². The van der Waals surface area contributed by atoms with Gasteiger partial charge in [-0.25, -0.2) is 4.98 Å². The van der Waals surface area contributed by atoms with Crippen LogP contribution in [0.4, 0.5) is 5.69 Å². The molecule has 1 aromatic heterocycles. The first kappa shape index (κ1) is 12.6. The fraction of sp³-hybridized carbons (Fsp3) is 0.231. The van der Waals surface area contributed by atoms with Crippen molar-refractivity contribution in [2.24, 2.45) is 0 Å². The van der Waals surface area contributed by atoms with Crippen LogP contribution in [0, 0.1) is 13.8 Å². The van der Waals surface area contributed by atoms with Crippen LogP contribution >= 0.6 is 11.3 Å². The number of benzene rings is 1. The van der Waals surface area contributed by atoms with Gasteiger partial charge >= 0.3 is 0 Å². The summed E-state index contributed by atoms with van der Waals surface area (Å²) in [7, 11) is 0. The van der Waals surface area contributed by atoms with Gasteiger partial charge in [0.15, 0.2) is 0 Å². The Kier molecular flexibility index (Phi) is 3.62. The molecule has 1 heterocycles. The van der Waals surface area contributed by atoms with Crippen molar-refractivity contribution in [2.75, 3.05) is 5.73 Å². The van der Waals surface area contributed by atoms with Crippen LogP contribution in [0.15, 0.2) is 23.6 Å². The SMILES string of the molecule is Cc1csc(CNC(=O)c2c(C)cccc2N)n1. The van der Waals surface area contributed by atoms with Crippen LogP contribution in [0.3, 0.4) is 0 Å². The largest absolute Gasteiger partial charge is 0.398 e. The van der Waals surface area contributed by atoms with E-state index in [2.05, 4.69) is 10.3 Å². The molecular weight excluding hydrogens is 246 g/mol. The lowest BCUT2D eigenvalue weighted by molar-refractivity contribution is 0.0951. The summed E-state index contributed by atoms with van der Waals surface area (Å²) in [6, 6.07) is 5.44. The first-order valence-corrected chi connectivity index (χ1v) is 6.50. The number of carbonyl (C=O) groups excluding carboxylic acids is 1. The lowest BCUT2D eigenvalue weighted by atomic mass is 10.1. The van der Waals surface area contributed by atoms with Crippen LogP contribution in [0.1, 0.15) is 26.6 Å². The van der Waals surface area contributed by atoms with E-state index < -0.39 is 0 Å². The van der Waals surface area contributed by atoms with Crippen LogP contribution < -0.4 is 11.1 Å². The minimum atomic E-state index is -0.154. The number of rotatable bonds is 3. The number of nitrogens with zero attached hydrogens (tertiary/aromatic N) is 1. The minimum absolute atomic E-state index is 0.154. The molecule has 18 heavy (non-hydrogen) atoms. The van der Waals surface area contributed by atoms with Crippen molar-refractivity contribution >= 4 is 22.9 Å². The van der Waals surface area contributed by atoms with Gasteiger partial charge in [-0.3, -0.25) is 4.79 Å². The highest BCUT2D eigenvalue weighted by molar-refractivity contribution is 7.09. The van der Waals surface area contributed by atoms with Gasteiger partial charge in [-0.1, -0.05) is 12.1 Å². The molecule has 0 unspecified atom stereocenters. The Morgan fingerprint density at radius 3 is 2.83 bits per heavy atom. The third-order valence-corrected chi connectivity index (χ3v) is 3.57. The van der Waals surface area contributed by atoms with Gasteiger partial charge in [0.25, 0.3) is 5.91 Å². The summed E-state index contributed by atoms with van der Waals surface area (Å²) >= 11 is 1.54. The number of nitrogens with two attached hydrogens (primary N) is 1. The maximum atomic E-state index is 12.1. The van der Waals surface area contributed by atoms with E-state index in [0.717, 1.165) is 16.3 Å². The zero-order chi connectivity index (χ0) is 13.1. The smallest absolute Gasteiger partial charge is 0.253 e. The predicted octanol–water partition coefficient (Wildman–Crippen LogP) is 2.27. The van der Waals surface area contributed by atoms with Gasteiger partial charge in [0, 0.05) is 16.8 Å². The number of nitrogens with one attached hydrogen (secondary N) is 1. The Balaban J connectivity index is 2.08. The molecule has 0 bridgehead atoms. The molecular formula is C13H15N3OS. The maximum Gasteiger partial charge on any atom is 0.253 e. The standard InChI is InChI=1S/C13H15N3OS/c1-8-4-3-5-10(14)12(8)13(17)15-6-11-16-9(2)7-18-11/h3-5,7H,6,14H2,1-2H3,(H,15,17). The van der Waals surface area contributed by atoms with Crippen LogP contribution in [-0.4, -0.2) is 10.9 Å². The number of anilines is 1. The van der Waals surface area contributed by atoms with Crippen LogP contribution in [0.2, 0.25) is 0 Å². The summed E-state index contributed by atoms with van der Waals surface area (Å²) in [5.74, 6) is -0.154. The third kappa shape index (κ3) is 2.68. The number of aromatic nitrogens is 1. The molecule has 0 spiro atoms. The molecule has 0 saturated carbocycles. The van der Waals surface area contributed by atoms with E-state index in [4.69, 9.17) is 5.73 Å². The second-order valence-corrected chi connectivity index (χ2v) is 5.05. The summed E-state index contributed by atoms with van der Waals surface area (Å²) in [6.07, 6.45) is 0. The lowest BCUT2D eigenvalue weighted by Crippen LogP contribution is -2.24. The zero-order valence-electron chi connectivity index (χ0n) is 10.4. The average Bonchev–Trinajstić information content (AvgIpc) is 2.72. The summed E-state index contributed by atoms with van der Waals surface area (Å²) in [5, 5.41) is 5.70. The molecule has 2 rings (SSSR count). The monoisotopic (exact) mass is 261 g/mol. The molecule has 0 aliphatic rings. The Bertz CT molecular complexity index is 557. The van der Waals surface area contributed by atoms with Gasteiger partial charge in [-0.2, -0.15) is 0 Å². The van der Waals surface area contributed by atoms with Crippen molar-refractivity contribution in [2.45, 2.75) is 20.4 Å². The number of hydrogen-bond acceptors (Lipinski definition) is 4. The zero-order valence-corrected chi connectivity index (χ0v) is 11.2. The van der Waals surface area contributed by atoms with Crippen molar-refractivity contribution in [3.63, 3.8) is 0 Å². The number of amides is 1. The predicted molar refractivity (Wildman–Crippen MR) is 73.6 cm³/mol. The van der Waals surface area contributed by atoms with E-state index in [-0.39, 0.29) is 5.91 Å². The normalized spacial score (nSPS) is 10.3. The van der Waals surface area contributed by atoms with Crippen LogP contribution in [-0.2, 0) is 6.54 Å². The second kappa shape index (κ2) is 5.18. The molecule has 0 aliphatic heterocycles. The first-order chi connectivity index (χ1) is 8.58. The Labute approximate surface area is 110 Å². The molecule has 0 aliphatic carbocycles. The van der Waals surface area contributed by atoms with E-state index in [1.54, 1.807) is 6.07 Å². The molecule has 3 N–H and O–H groups in total. The maximum absolute atomic E-state index is 12.1. The fourth-order valence-corrected chi connectivity index (χ4v) is 2.44. The quantitative estimate of drug-likeness (QED) is 0.833. The van der Waals surface area contributed by atoms with Crippen molar-refractivity contribution in [3.8, 4) is 0 Å². The number of hydrogen-bond donors (Lipinski definition) is 2. The van der Waals surface area contributed by atoms with Gasteiger partial charge in [-0.15, -0.1) is 11.3 Å². The highest BCUT2D eigenvalue weighted by Gasteiger charge is 2.12. The molecule has 1 aromatic carbocycles. The van der Waals surface area contributed by atoms with Gasteiger partial charge in [-0.05, 0) is 25.5 Å². The average molecular weight is 261 g/mol. The molecule has 94 valence electrons. The minimum Gasteiger partial charge on any atom is -0.398 e. The van der Waals surface area contributed by atoms with Gasteiger partial charge < -0.3 is 11.1 Å². The van der Waals surface area contributed by atoms with Gasteiger partial charge in [0.2, 0.25) is 0 Å². The Hall–Kier alpha value is -1.88. The summed E-state index contributed by atoms with van der Waals surface area (Å²) in [5.41, 5.74) is 8.72. The van der Waals surface area contributed by atoms with Crippen molar-refractivity contribution in [1.29, 1.82) is 0 Å². The molecule has 5 heteroatoms. The van der Waals surface area contributed by atoms with Crippen molar-refractivity contribution in [1.82, 2.24) is 10.3 Å². The first-order valence-electron chi connectivity index (χ1n) is 5.62. The lowest BCUT2D eigenvalue weighted by Gasteiger charge is -2.09. The number of thiazole rings is 1. The molecule has 4 nitrogen and oxygen atoms in total.